The van der Waals surface area contributed by atoms with Crippen molar-refractivity contribution < 1.29 is 14.6 Å². The van der Waals surface area contributed by atoms with Crippen LogP contribution in [0.25, 0.3) is 0 Å². The lowest BCUT2D eigenvalue weighted by Gasteiger charge is -2.32. The minimum atomic E-state index is -0.950. The average Bonchev–Trinajstić information content (AvgIpc) is 2.47. The quantitative estimate of drug-likeness (QED) is 0.874. The van der Waals surface area contributed by atoms with E-state index in [4.69, 9.17) is 21.4 Å². The molecule has 0 saturated carbocycles. The van der Waals surface area contributed by atoms with E-state index < -0.39 is 5.97 Å². The first-order valence-corrected chi connectivity index (χ1v) is 7.83. The standard InChI is InChI=1S/C16H22ClNO3/c1-2-8-21-14-4-3-7-18(11-14)10-13-6-5-12(16(19)20)9-15(13)17/h5-6,9,14H,2-4,7-8,10-11H2,1H3,(H,19,20). The third kappa shape index (κ3) is 4.70. The Hall–Kier alpha value is -1.10. The van der Waals surface area contributed by atoms with Crippen LogP contribution < -0.4 is 0 Å². The highest BCUT2D eigenvalue weighted by molar-refractivity contribution is 6.31. The van der Waals surface area contributed by atoms with E-state index in [0.717, 1.165) is 51.1 Å². The zero-order valence-electron chi connectivity index (χ0n) is 12.3. The van der Waals surface area contributed by atoms with Gasteiger partial charge < -0.3 is 9.84 Å². The topological polar surface area (TPSA) is 49.8 Å². The van der Waals surface area contributed by atoms with Gasteiger partial charge in [0.25, 0.3) is 0 Å². The monoisotopic (exact) mass is 311 g/mol. The number of halogens is 1. The zero-order valence-corrected chi connectivity index (χ0v) is 13.1. The van der Waals surface area contributed by atoms with Gasteiger partial charge in [-0.1, -0.05) is 24.6 Å². The number of nitrogens with zero attached hydrogens (tertiary/aromatic N) is 1. The Labute approximate surface area is 130 Å². The van der Waals surface area contributed by atoms with Gasteiger partial charge in [-0.3, -0.25) is 4.90 Å². The fourth-order valence-electron chi connectivity index (χ4n) is 2.63. The molecule has 4 nitrogen and oxygen atoms in total. The Morgan fingerprint density at radius 2 is 2.33 bits per heavy atom. The van der Waals surface area contributed by atoms with E-state index in [9.17, 15) is 4.79 Å². The number of rotatable bonds is 6. The van der Waals surface area contributed by atoms with E-state index in [1.54, 1.807) is 6.07 Å². The number of hydrogen-bond acceptors (Lipinski definition) is 3. The van der Waals surface area contributed by atoms with E-state index in [1.807, 2.05) is 6.07 Å². The summed E-state index contributed by atoms with van der Waals surface area (Å²) in [6.07, 6.45) is 3.58. The first-order chi connectivity index (χ1) is 10.1. The van der Waals surface area contributed by atoms with Gasteiger partial charge in [0, 0.05) is 24.7 Å². The summed E-state index contributed by atoms with van der Waals surface area (Å²) in [6.45, 7) is 5.61. The molecule has 1 aliphatic heterocycles. The Balaban J connectivity index is 1.96. The van der Waals surface area contributed by atoms with Crippen molar-refractivity contribution in [1.29, 1.82) is 0 Å². The first kappa shape index (κ1) is 16.3. The van der Waals surface area contributed by atoms with Crippen molar-refractivity contribution in [3.63, 3.8) is 0 Å². The van der Waals surface area contributed by atoms with Gasteiger partial charge in [0.05, 0.1) is 11.7 Å². The third-order valence-corrected chi connectivity index (χ3v) is 4.07. The van der Waals surface area contributed by atoms with E-state index >= 15 is 0 Å². The molecule has 0 amide bonds. The third-order valence-electron chi connectivity index (χ3n) is 3.71. The van der Waals surface area contributed by atoms with Gasteiger partial charge in [0.15, 0.2) is 0 Å². The van der Waals surface area contributed by atoms with Gasteiger partial charge in [0.2, 0.25) is 0 Å². The van der Waals surface area contributed by atoms with E-state index in [-0.39, 0.29) is 5.56 Å². The van der Waals surface area contributed by atoms with Crippen LogP contribution in [0.1, 0.15) is 42.1 Å². The van der Waals surface area contributed by atoms with Crippen molar-refractivity contribution in [2.45, 2.75) is 38.8 Å². The summed E-state index contributed by atoms with van der Waals surface area (Å²) in [7, 11) is 0. The number of carboxylic acids is 1. The van der Waals surface area contributed by atoms with E-state index in [2.05, 4.69) is 11.8 Å². The SMILES string of the molecule is CCCOC1CCCN(Cc2ccc(C(=O)O)cc2Cl)C1. The molecule has 1 unspecified atom stereocenters. The molecule has 0 aromatic heterocycles. The molecule has 1 heterocycles. The molecular weight excluding hydrogens is 290 g/mol. The van der Waals surface area contributed by atoms with Crippen LogP contribution in [-0.2, 0) is 11.3 Å². The van der Waals surface area contributed by atoms with Crippen LogP contribution in [0.4, 0.5) is 0 Å². The summed E-state index contributed by atoms with van der Waals surface area (Å²) in [4.78, 5) is 13.2. The van der Waals surface area contributed by atoms with Crippen molar-refractivity contribution in [2.24, 2.45) is 0 Å². The molecular formula is C16H22ClNO3. The largest absolute Gasteiger partial charge is 0.478 e. The minimum absolute atomic E-state index is 0.228. The fourth-order valence-corrected chi connectivity index (χ4v) is 2.87. The molecule has 21 heavy (non-hydrogen) atoms. The molecule has 1 aromatic rings. The lowest BCUT2D eigenvalue weighted by atomic mass is 10.1. The van der Waals surface area contributed by atoms with Crippen LogP contribution >= 0.6 is 11.6 Å². The molecule has 0 spiro atoms. The molecule has 1 saturated heterocycles. The lowest BCUT2D eigenvalue weighted by Crippen LogP contribution is -2.39. The molecule has 0 radical (unpaired) electrons. The summed E-state index contributed by atoms with van der Waals surface area (Å²) >= 11 is 6.19. The van der Waals surface area contributed by atoms with Crippen molar-refractivity contribution in [3.8, 4) is 0 Å². The van der Waals surface area contributed by atoms with Crippen LogP contribution in [-0.4, -0.2) is 41.8 Å². The molecule has 2 rings (SSSR count). The minimum Gasteiger partial charge on any atom is -0.478 e. The number of benzene rings is 1. The van der Waals surface area contributed by atoms with Gasteiger partial charge in [-0.2, -0.15) is 0 Å². The van der Waals surface area contributed by atoms with Crippen molar-refractivity contribution >= 4 is 17.6 Å². The van der Waals surface area contributed by atoms with Gasteiger partial charge in [0.1, 0.15) is 0 Å². The van der Waals surface area contributed by atoms with Crippen LogP contribution in [0.3, 0.4) is 0 Å². The molecule has 1 aromatic carbocycles. The van der Waals surface area contributed by atoms with Gasteiger partial charge in [-0.25, -0.2) is 4.79 Å². The Morgan fingerprint density at radius 1 is 1.52 bits per heavy atom. The second-order valence-corrected chi connectivity index (χ2v) is 5.89. The number of ether oxygens (including phenoxy) is 1. The molecule has 1 N–H and O–H groups in total. The second-order valence-electron chi connectivity index (χ2n) is 5.48. The van der Waals surface area contributed by atoms with E-state index in [1.165, 1.54) is 6.07 Å². The number of hydrogen-bond donors (Lipinski definition) is 1. The predicted molar refractivity (Wildman–Crippen MR) is 83.0 cm³/mol. The maximum atomic E-state index is 10.9. The maximum absolute atomic E-state index is 10.9. The maximum Gasteiger partial charge on any atom is 0.335 e. The highest BCUT2D eigenvalue weighted by Crippen LogP contribution is 2.22. The molecule has 1 atom stereocenters. The summed E-state index contributed by atoms with van der Waals surface area (Å²) in [5, 5.41) is 9.47. The molecule has 116 valence electrons. The highest BCUT2D eigenvalue weighted by Gasteiger charge is 2.21. The summed E-state index contributed by atoms with van der Waals surface area (Å²) in [6, 6.07) is 4.94. The predicted octanol–water partition coefficient (Wildman–Crippen LogP) is 3.43. The first-order valence-electron chi connectivity index (χ1n) is 7.45. The van der Waals surface area contributed by atoms with E-state index in [0.29, 0.717) is 11.1 Å². The smallest absolute Gasteiger partial charge is 0.335 e. The van der Waals surface area contributed by atoms with Crippen molar-refractivity contribution in [3.05, 3.63) is 34.3 Å². The summed E-state index contributed by atoms with van der Waals surface area (Å²) in [5.74, 6) is -0.950. The number of aromatic carboxylic acids is 1. The molecule has 0 bridgehead atoms. The summed E-state index contributed by atoms with van der Waals surface area (Å²) in [5.41, 5.74) is 1.20. The van der Waals surface area contributed by atoms with Crippen molar-refractivity contribution in [2.75, 3.05) is 19.7 Å². The number of piperidine rings is 1. The van der Waals surface area contributed by atoms with Gasteiger partial charge >= 0.3 is 5.97 Å². The van der Waals surface area contributed by atoms with Crippen LogP contribution in [0, 0.1) is 0 Å². The average molecular weight is 312 g/mol. The molecule has 0 aliphatic carbocycles. The molecule has 1 fully saturated rings. The Bertz CT molecular complexity index is 492. The summed E-state index contributed by atoms with van der Waals surface area (Å²) < 4.78 is 5.83. The van der Waals surface area contributed by atoms with Crippen molar-refractivity contribution in [1.82, 2.24) is 4.90 Å². The Kier molecular flexibility index (Phi) is 6.03. The fraction of sp³-hybridized carbons (Fsp3) is 0.562. The van der Waals surface area contributed by atoms with Gasteiger partial charge in [-0.05, 0) is 43.5 Å². The van der Waals surface area contributed by atoms with Crippen LogP contribution in [0.2, 0.25) is 5.02 Å². The normalized spacial score (nSPS) is 19.6. The van der Waals surface area contributed by atoms with Crippen LogP contribution in [0.5, 0.6) is 0 Å². The van der Waals surface area contributed by atoms with Gasteiger partial charge in [-0.15, -0.1) is 0 Å². The highest BCUT2D eigenvalue weighted by atomic mass is 35.5. The zero-order chi connectivity index (χ0) is 15.2. The van der Waals surface area contributed by atoms with Crippen LogP contribution in [0.15, 0.2) is 18.2 Å². The molecule has 1 aliphatic rings. The lowest BCUT2D eigenvalue weighted by molar-refractivity contribution is -0.00222. The Morgan fingerprint density at radius 3 is 3.00 bits per heavy atom. The number of carboxylic acid groups (broad SMARTS) is 1. The molecule has 5 heteroatoms. The second kappa shape index (κ2) is 7.78. The number of carbonyl (C=O) groups is 1. The number of likely N-dealkylation sites (tertiary alicyclic amines) is 1.